The summed E-state index contributed by atoms with van der Waals surface area (Å²) >= 11 is 1.45. The first-order valence-electron chi connectivity index (χ1n) is 9.27. The van der Waals surface area contributed by atoms with Gasteiger partial charge in [-0.1, -0.05) is 6.92 Å². The monoisotopic (exact) mass is 423 g/mol. The van der Waals surface area contributed by atoms with Crippen molar-refractivity contribution in [2.24, 2.45) is 5.41 Å². The summed E-state index contributed by atoms with van der Waals surface area (Å²) in [5.41, 5.74) is 4.13. The molecule has 0 aliphatic heterocycles. The van der Waals surface area contributed by atoms with Crippen LogP contribution in [0.15, 0.2) is 29.1 Å². The standard InChI is InChI=1S/C20H20F3N3O2S/c1-19(4-5-19)18(27)24-9-15-6-13-8-17(28-20(21,22)23)12(7-16(13)26-15)2-3-14-10-29-11-25-14/h6-8,10-11,26H,2-5,9H2,1H3,(H,24,27). The number of aromatic amines is 1. The lowest BCUT2D eigenvalue weighted by atomic mass is 10.1. The second kappa shape index (κ2) is 7.37. The Hall–Kier alpha value is -2.55. The second-order valence-electron chi connectivity index (χ2n) is 7.61. The number of carbonyl (C=O) groups excluding carboxylic acids is 1. The molecule has 2 N–H and O–H groups in total. The van der Waals surface area contributed by atoms with Crippen LogP contribution in [0.1, 0.15) is 36.7 Å². The summed E-state index contributed by atoms with van der Waals surface area (Å²) in [6.45, 7) is 2.22. The number of ether oxygens (including phenoxy) is 1. The predicted octanol–water partition coefficient (Wildman–Crippen LogP) is 4.72. The van der Waals surface area contributed by atoms with Crippen LogP contribution in [-0.4, -0.2) is 22.2 Å². The summed E-state index contributed by atoms with van der Waals surface area (Å²) < 4.78 is 42.9. The summed E-state index contributed by atoms with van der Waals surface area (Å²) in [5, 5.41) is 5.36. The van der Waals surface area contributed by atoms with Crippen LogP contribution in [0.3, 0.4) is 0 Å². The Balaban J connectivity index is 1.56. The van der Waals surface area contributed by atoms with E-state index in [0.717, 1.165) is 24.2 Å². The number of amides is 1. The van der Waals surface area contributed by atoms with Crippen molar-refractivity contribution in [1.82, 2.24) is 15.3 Å². The molecule has 0 bridgehead atoms. The van der Waals surface area contributed by atoms with Crippen molar-refractivity contribution in [2.75, 3.05) is 0 Å². The number of benzene rings is 1. The average molecular weight is 423 g/mol. The maximum Gasteiger partial charge on any atom is 0.573 e. The molecule has 0 unspecified atom stereocenters. The normalized spacial score (nSPS) is 15.4. The zero-order chi connectivity index (χ0) is 20.6. The molecule has 1 amide bonds. The van der Waals surface area contributed by atoms with Gasteiger partial charge in [-0.25, -0.2) is 4.98 Å². The molecule has 0 atom stereocenters. The van der Waals surface area contributed by atoms with Crippen LogP contribution in [0, 0.1) is 5.41 Å². The third-order valence-corrected chi connectivity index (χ3v) is 5.84. The summed E-state index contributed by atoms with van der Waals surface area (Å²) in [7, 11) is 0. The first kappa shape index (κ1) is 19.8. The SMILES string of the molecule is CC1(C(=O)NCc2cc3cc(OC(F)(F)F)c(CCc4cscn4)cc3[nH]2)CC1. The van der Waals surface area contributed by atoms with Crippen molar-refractivity contribution in [3.8, 4) is 5.75 Å². The van der Waals surface area contributed by atoms with Gasteiger partial charge in [0, 0.05) is 27.4 Å². The summed E-state index contributed by atoms with van der Waals surface area (Å²) in [6.07, 6.45) is -2.12. The molecule has 1 fully saturated rings. The van der Waals surface area contributed by atoms with Gasteiger partial charge in [0.15, 0.2) is 0 Å². The van der Waals surface area contributed by atoms with E-state index in [0.29, 0.717) is 35.9 Å². The van der Waals surface area contributed by atoms with Gasteiger partial charge in [0.05, 0.1) is 17.7 Å². The van der Waals surface area contributed by atoms with Crippen LogP contribution >= 0.6 is 11.3 Å². The molecule has 0 spiro atoms. The second-order valence-corrected chi connectivity index (χ2v) is 8.33. The van der Waals surface area contributed by atoms with Gasteiger partial charge in [-0.2, -0.15) is 0 Å². The van der Waals surface area contributed by atoms with Gasteiger partial charge in [0.1, 0.15) is 5.75 Å². The summed E-state index contributed by atoms with van der Waals surface area (Å²) in [6, 6.07) is 4.80. The first-order valence-corrected chi connectivity index (χ1v) is 10.2. The van der Waals surface area contributed by atoms with E-state index < -0.39 is 6.36 Å². The number of hydrogen-bond donors (Lipinski definition) is 2. The number of thiazole rings is 1. The lowest BCUT2D eigenvalue weighted by Gasteiger charge is -2.13. The first-order chi connectivity index (χ1) is 13.7. The molecular formula is C20H20F3N3O2S. The molecule has 1 aliphatic rings. The van der Waals surface area contributed by atoms with Gasteiger partial charge >= 0.3 is 6.36 Å². The smallest absolute Gasteiger partial charge is 0.405 e. The van der Waals surface area contributed by atoms with E-state index in [9.17, 15) is 18.0 Å². The number of nitrogens with zero attached hydrogens (tertiary/aromatic N) is 1. The van der Waals surface area contributed by atoms with E-state index >= 15 is 0 Å². The minimum absolute atomic E-state index is 0.00111. The van der Waals surface area contributed by atoms with E-state index in [4.69, 9.17) is 0 Å². The number of aromatic nitrogens is 2. The minimum Gasteiger partial charge on any atom is -0.405 e. The number of H-pyrrole nitrogens is 1. The zero-order valence-electron chi connectivity index (χ0n) is 15.7. The molecular weight excluding hydrogens is 403 g/mol. The number of aryl methyl sites for hydroxylation is 2. The lowest BCUT2D eigenvalue weighted by molar-refractivity contribution is -0.274. The fourth-order valence-electron chi connectivity index (χ4n) is 3.20. The Morgan fingerprint density at radius 2 is 2.10 bits per heavy atom. The molecule has 3 aromatic rings. The highest BCUT2D eigenvalue weighted by atomic mass is 32.1. The van der Waals surface area contributed by atoms with Gasteiger partial charge < -0.3 is 15.0 Å². The fourth-order valence-corrected chi connectivity index (χ4v) is 3.80. The third-order valence-electron chi connectivity index (χ3n) is 5.20. The molecule has 2 aromatic heterocycles. The van der Waals surface area contributed by atoms with Gasteiger partial charge in [0.2, 0.25) is 5.91 Å². The minimum atomic E-state index is -4.77. The topological polar surface area (TPSA) is 67.0 Å². The van der Waals surface area contributed by atoms with Gasteiger partial charge in [-0.15, -0.1) is 24.5 Å². The highest BCUT2D eigenvalue weighted by molar-refractivity contribution is 7.07. The number of alkyl halides is 3. The molecule has 0 radical (unpaired) electrons. The van der Waals surface area contributed by atoms with E-state index in [1.165, 1.54) is 17.4 Å². The van der Waals surface area contributed by atoms with Crippen molar-refractivity contribution in [3.63, 3.8) is 0 Å². The van der Waals surface area contributed by atoms with Crippen LogP contribution in [0.5, 0.6) is 5.75 Å². The van der Waals surface area contributed by atoms with Crippen LogP contribution < -0.4 is 10.1 Å². The molecule has 5 nitrogen and oxygen atoms in total. The number of hydrogen-bond acceptors (Lipinski definition) is 4. The molecule has 9 heteroatoms. The summed E-state index contributed by atoms with van der Waals surface area (Å²) in [5.74, 6) is -0.207. The van der Waals surface area contributed by atoms with Crippen LogP contribution in [0.25, 0.3) is 10.9 Å². The Kier molecular flexibility index (Phi) is 5.02. The number of nitrogens with one attached hydrogen (secondary N) is 2. The van der Waals surface area contributed by atoms with Crippen LogP contribution in [-0.2, 0) is 24.2 Å². The summed E-state index contributed by atoms with van der Waals surface area (Å²) in [4.78, 5) is 19.5. The Labute approximate surface area is 169 Å². The molecule has 4 rings (SSSR count). The van der Waals surface area contributed by atoms with Crippen LogP contribution in [0.2, 0.25) is 0 Å². The van der Waals surface area contributed by atoms with E-state index in [1.54, 1.807) is 17.6 Å². The highest BCUT2D eigenvalue weighted by Crippen LogP contribution is 2.45. The number of rotatable bonds is 7. The number of carbonyl (C=O) groups is 1. The lowest BCUT2D eigenvalue weighted by Crippen LogP contribution is -2.29. The molecule has 1 aliphatic carbocycles. The number of halogens is 3. The Morgan fingerprint density at radius 1 is 1.31 bits per heavy atom. The maximum atomic E-state index is 12.9. The van der Waals surface area contributed by atoms with Gasteiger partial charge in [-0.05, 0) is 49.4 Å². The van der Waals surface area contributed by atoms with E-state index in [1.807, 2.05) is 12.3 Å². The number of fused-ring (bicyclic) bond motifs is 1. The van der Waals surface area contributed by atoms with Crippen molar-refractivity contribution in [2.45, 2.75) is 45.5 Å². The highest BCUT2D eigenvalue weighted by Gasteiger charge is 2.44. The zero-order valence-corrected chi connectivity index (χ0v) is 16.5. The van der Waals surface area contributed by atoms with Crippen molar-refractivity contribution >= 4 is 28.1 Å². The van der Waals surface area contributed by atoms with Crippen molar-refractivity contribution < 1.29 is 22.7 Å². The van der Waals surface area contributed by atoms with E-state index in [-0.39, 0.29) is 17.1 Å². The fraction of sp³-hybridized carbons (Fsp3) is 0.400. The van der Waals surface area contributed by atoms with E-state index in [2.05, 4.69) is 20.0 Å². The molecule has 1 saturated carbocycles. The molecule has 154 valence electrons. The predicted molar refractivity (Wildman–Crippen MR) is 104 cm³/mol. The van der Waals surface area contributed by atoms with Gasteiger partial charge in [0.25, 0.3) is 0 Å². The van der Waals surface area contributed by atoms with Gasteiger partial charge in [-0.3, -0.25) is 4.79 Å². The molecule has 1 aromatic carbocycles. The molecule has 2 heterocycles. The molecule has 29 heavy (non-hydrogen) atoms. The Bertz CT molecular complexity index is 1020. The third kappa shape index (κ3) is 4.72. The van der Waals surface area contributed by atoms with Crippen molar-refractivity contribution in [1.29, 1.82) is 0 Å². The maximum absolute atomic E-state index is 12.9. The Morgan fingerprint density at radius 3 is 2.76 bits per heavy atom. The largest absolute Gasteiger partial charge is 0.573 e. The average Bonchev–Trinajstić information content (AvgIpc) is 3.06. The van der Waals surface area contributed by atoms with Crippen LogP contribution in [0.4, 0.5) is 13.2 Å². The van der Waals surface area contributed by atoms with Crippen molar-refractivity contribution in [3.05, 3.63) is 46.0 Å². The quantitative estimate of drug-likeness (QED) is 0.578. The molecule has 0 saturated heterocycles.